The Bertz CT molecular complexity index is 776. The lowest BCUT2D eigenvalue weighted by atomic mass is 10.2. The number of alkyl halides is 1. The summed E-state index contributed by atoms with van der Waals surface area (Å²) in [7, 11) is 5.12. The molecule has 0 amide bonds. The first-order valence-electron chi connectivity index (χ1n) is 7.29. The zero-order chi connectivity index (χ0) is 16.4. The molecule has 0 aromatic carbocycles. The van der Waals surface area contributed by atoms with E-state index in [1.165, 1.54) is 11.6 Å². The van der Waals surface area contributed by atoms with E-state index >= 15 is 0 Å². The summed E-state index contributed by atoms with van der Waals surface area (Å²) in [4.78, 5) is 30.6. The van der Waals surface area contributed by atoms with Gasteiger partial charge in [0.2, 0.25) is 0 Å². The summed E-state index contributed by atoms with van der Waals surface area (Å²) in [5.74, 6) is 0.577. The standard InChI is InChI=1S/C14H22ClN5O2.ClH/c1-5-10(8-15)17(2)6-7-20-9-16-12-11(20)13(21)19(4)14(22)18(12)3;/h9-10H,5-8H2,1-4H3;1H. The molecule has 23 heavy (non-hydrogen) atoms. The molecule has 2 rings (SSSR count). The van der Waals surface area contributed by atoms with E-state index in [0.29, 0.717) is 29.6 Å². The molecular weight excluding hydrogens is 341 g/mol. The number of nitrogens with zero attached hydrogens (tertiary/aromatic N) is 5. The summed E-state index contributed by atoms with van der Waals surface area (Å²) in [5, 5.41) is 0. The summed E-state index contributed by atoms with van der Waals surface area (Å²) in [6.45, 7) is 3.47. The number of aromatic nitrogens is 4. The number of imidazole rings is 1. The molecule has 0 aliphatic rings. The van der Waals surface area contributed by atoms with Crippen LogP contribution in [0.25, 0.3) is 11.2 Å². The molecule has 0 fully saturated rings. The third-order valence-electron chi connectivity index (χ3n) is 4.18. The van der Waals surface area contributed by atoms with Crippen molar-refractivity contribution in [3.05, 3.63) is 27.2 Å². The minimum Gasteiger partial charge on any atom is -0.323 e. The first-order valence-corrected chi connectivity index (χ1v) is 7.82. The smallest absolute Gasteiger partial charge is 0.323 e. The summed E-state index contributed by atoms with van der Waals surface area (Å²) in [5.41, 5.74) is 0.188. The number of hydrogen-bond donors (Lipinski definition) is 0. The van der Waals surface area contributed by atoms with Crippen LogP contribution in [0.15, 0.2) is 15.9 Å². The highest BCUT2D eigenvalue weighted by atomic mass is 35.5. The third-order valence-corrected chi connectivity index (χ3v) is 4.54. The van der Waals surface area contributed by atoms with Gasteiger partial charge in [0, 0.05) is 39.1 Å². The van der Waals surface area contributed by atoms with Gasteiger partial charge in [-0.25, -0.2) is 9.78 Å². The van der Waals surface area contributed by atoms with Gasteiger partial charge < -0.3 is 9.47 Å². The van der Waals surface area contributed by atoms with E-state index in [-0.39, 0.29) is 23.7 Å². The molecule has 7 nitrogen and oxygen atoms in total. The van der Waals surface area contributed by atoms with Gasteiger partial charge in [0.25, 0.3) is 5.56 Å². The fraction of sp³-hybridized carbons (Fsp3) is 0.643. The Morgan fingerprint density at radius 2 is 1.96 bits per heavy atom. The van der Waals surface area contributed by atoms with Crippen molar-refractivity contribution in [1.29, 1.82) is 0 Å². The Labute approximate surface area is 145 Å². The largest absolute Gasteiger partial charge is 0.332 e. The number of fused-ring (bicyclic) bond motifs is 1. The van der Waals surface area contributed by atoms with Crippen molar-refractivity contribution in [3.8, 4) is 0 Å². The Morgan fingerprint density at radius 3 is 2.52 bits per heavy atom. The van der Waals surface area contributed by atoms with Crippen LogP contribution in [-0.4, -0.2) is 49.1 Å². The fourth-order valence-corrected chi connectivity index (χ4v) is 3.01. The summed E-state index contributed by atoms with van der Waals surface area (Å²) >= 11 is 5.95. The van der Waals surface area contributed by atoms with Crippen LogP contribution in [0.3, 0.4) is 0 Å². The number of rotatable bonds is 6. The van der Waals surface area contributed by atoms with E-state index in [1.807, 2.05) is 7.05 Å². The second-order valence-corrected chi connectivity index (χ2v) is 5.82. The highest BCUT2D eigenvalue weighted by Crippen LogP contribution is 2.08. The SMILES string of the molecule is CCC(CCl)N(C)CCn1cnc2c1c(=O)n(C)c(=O)n2C.Cl. The molecule has 2 aromatic heterocycles. The van der Waals surface area contributed by atoms with Gasteiger partial charge in [0.15, 0.2) is 11.2 Å². The number of aryl methyl sites for hydroxylation is 1. The van der Waals surface area contributed by atoms with Crippen LogP contribution in [0.2, 0.25) is 0 Å². The van der Waals surface area contributed by atoms with Gasteiger partial charge in [0.1, 0.15) is 0 Å². The van der Waals surface area contributed by atoms with Crippen molar-refractivity contribution >= 4 is 35.2 Å². The van der Waals surface area contributed by atoms with Crippen molar-refractivity contribution in [2.75, 3.05) is 19.5 Å². The molecule has 9 heteroatoms. The van der Waals surface area contributed by atoms with Crippen LogP contribution in [0.5, 0.6) is 0 Å². The zero-order valence-corrected chi connectivity index (χ0v) is 15.4. The molecule has 0 radical (unpaired) electrons. The van der Waals surface area contributed by atoms with Gasteiger partial charge in [0.05, 0.1) is 6.33 Å². The average Bonchev–Trinajstić information content (AvgIpc) is 2.94. The van der Waals surface area contributed by atoms with Crippen LogP contribution in [0.1, 0.15) is 13.3 Å². The first-order chi connectivity index (χ1) is 10.4. The molecule has 0 spiro atoms. The normalized spacial score (nSPS) is 12.6. The van der Waals surface area contributed by atoms with Crippen LogP contribution >= 0.6 is 24.0 Å². The number of hydrogen-bond acceptors (Lipinski definition) is 4. The maximum atomic E-state index is 12.3. The molecule has 0 aliphatic carbocycles. The average molecular weight is 364 g/mol. The maximum Gasteiger partial charge on any atom is 0.332 e. The first kappa shape index (κ1) is 19.7. The molecule has 2 heterocycles. The fourth-order valence-electron chi connectivity index (χ4n) is 2.55. The highest BCUT2D eigenvalue weighted by molar-refractivity contribution is 6.18. The second-order valence-electron chi connectivity index (χ2n) is 5.51. The third kappa shape index (κ3) is 3.62. The zero-order valence-electron chi connectivity index (χ0n) is 13.8. The van der Waals surface area contributed by atoms with Gasteiger partial charge in [-0.3, -0.25) is 13.9 Å². The van der Waals surface area contributed by atoms with E-state index in [0.717, 1.165) is 17.5 Å². The monoisotopic (exact) mass is 363 g/mol. The lowest BCUT2D eigenvalue weighted by molar-refractivity contribution is 0.246. The van der Waals surface area contributed by atoms with Crippen molar-refractivity contribution < 1.29 is 0 Å². The molecular formula is C14H23Cl2N5O2. The quantitative estimate of drug-likeness (QED) is 0.712. The Hall–Kier alpha value is -1.31. The van der Waals surface area contributed by atoms with Gasteiger partial charge in [-0.1, -0.05) is 6.92 Å². The van der Waals surface area contributed by atoms with E-state index in [1.54, 1.807) is 17.9 Å². The minimum absolute atomic E-state index is 0. The minimum atomic E-state index is -0.368. The van der Waals surface area contributed by atoms with Crippen LogP contribution in [0, 0.1) is 0 Å². The Kier molecular flexibility index (Phi) is 6.85. The van der Waals surface area contributed by atoms with E-state index < -0.39 is 0 Å². The molecule has 2 aromatic rings. The van der Waals surface area contributed by atoms with Crippen LogP contribution in [-0.2, 0) is 20.6 Å². The van der Waals surface area contributed by atoms with E-state index in [4.69, 9.17) is 11.6 Å². The van der Waals surface area contributed by atoms with Gasteiger partial charge >= 0.3 is 5.69 Å². The molecule has 0 saturated heterocycles. The predicted molar refractivity (Wildman–Crippen MR) is 94.9 cm³/mol. The van der Waals surface area contributed by atoms with Crippen molar-refractivity contribution in [1.82, 2.24) is 23.6 Å². The summed E-state index contributed by atoms with van der Waals surface area (Å²) < 4.78 is 4.30. The Balaban J connectivity index is 0.00000264. The number of halogens is 2. The lowest BCUT2D eigenvalue weighted by Gasteiger charge is -2.25. The molecule has 1 atom stereocenters. The number of likely N-dealkylation sites (N-methyl/N-ethyl adjacent to an activating group) is 1. The molecule has 130 valence electrons. The summed E-state index contributed by atoms with van der Waals surface area (Å²) in [6, 6.07) is 0.309. The van der Waals surface area contributed by atoms with Crippen LogP contribution in [0.4, 0.5) is 0 Å². The highest BCUT2D eigenvalue weighted by Gasteiger charge is 2.16. The maximum absolute atomic E-state index is 12.3. The van der Waals surface area contributed by atoms with Crippen molar-refractivity contribution in [2.24, 2.45) is 14.1 Å². The molecule has 0 aliphatic heterocycles. The molecule has 0 saturated carbocycles. The van der Waals surface area contributed by atoms with Gasteiger partial charge in [-0.05, 0) is 13.5 Å². The van der Waals surface area contributed by atoms with Crippen molar-refractivity contribution in [2.45, 2.75) is 25.9 Å². The molecule has 0 bridgehead atoms. The topological polar surface area (TPSA) is 65.1 Å². The van der Waals surface area contributed by atoms with Gasteiger partial charge in [-0.15, -0.1) is 24.0 Å². The van der Waals surface area contributed by atoms with Crippen LogP contribution < -0.4 is 11.2 Å². The molecule has 1 unspecified atom stereocenters. The van der Waals surface area contributed by atoms with E-state index in [9.17, 15) is 9.59 Å². The van der Waals surface area contributed by atoms with E-state index in [2.05, 4.69) is 16.8 Å². The van der Waals surface area contributed by atoms with Crippen molar-refractivity contribution in [3.63, 3.8) is 0 Å². The molecule has 0 N–H and O–H groups in total. The lowest BCUT2D eigenvalue weighted by Crippen LogP contribution is -2.38. The van der Waals surface area contributed by atoms with Gasteiger partial charge in [-0.2, -0.15) is 0 Å². The predicted octanol–water partition coefficient (Wildman–Crippen LogP) is 0.805. The summed E-state index contributed by atoms with van der Waals surface area (Å²) in [6.07, 6.45) is 2.59. The Morgan fingerprint density at radius 1 is 1.30 bits per heavy atom. The second kappa shape index (κ2) is 7.99.